The minimum Gasteiger partial charge on any atom is -0.377 e. The third kappa shape index (κ3) is 5.53. The third-order valence-electron chi connectivity index (χ3n) is 5.00. The van der Waals surface area contributed by atoms with Gasteiger partial charge in [-0.25, -0.2) is 13.1 Å². The van der Waals surface area contributed by atoms with E-state index >= 15 is 0 Å². The number of piperazine rings is 1. The highest BCUT2D eigenvalue weighted by molar-refractivity contribution is 7.89. The molecule has 7 nitrogen and oxygen atoms in total. The normalized spacial score (nSPS) is 21.8. The number of hydrogen-bond acceptors (Lipinski definition) is 5. The van der Waals surface area contributed by atoms with Crippen molar-refractivity contribution < 1.29 is 17.9 Å². The molecule has 2 aliphatic heterocycles. The largest absolute Gasteiger partial charge is 0.377 e. The van der Waals surface area contributed by atoms with Crippen LogP contribution in [0.1, 0.15) is 44.0 Å². The maximum absolute atomic E-state index is 12.8. The maximum Gasteiger partial charge on any atom is 0.253 e. The van der Waals surface area contributed by atoms with Gasteiger partial charge >= 0.3 is 0 Å². The second kappa shape index (κ2) is 8.49. The topological polar surface area (TPSA) is 79.0 Å². The van der Waals surface area contributed by atoms with Crippen LogP contribution in [0.25, 0.3) is 0 Å². The Labute approximate surface area is 168 Å². The van der Waals surface area contributed by atoms with E-state index < -0.39 is 15.6 Å². The van der Waals surface area contributed by atoms with Crippen molar-refractivity contribution in [1.82, 2.24) is 14.5 Å². The van der Waals surface area contributed by atoms with Gasteiger partial charge in [0.1, 0.15) is 0 Å². The van der Waals surface area contributed by atoms with Gasteiger partial charge < -0.3 is 9.64 Å². The summed E-state index contributed by atoms with van der Waals surface area (Å²) in [5.74, 6) is -0.0514. The Morgan fingerprint density at radius 1 is 1.14 bits per heavy atom. The first-order chi connectivity index (χ1) is 13.1. The summed E-state index contributed by atoms with van der Waals surface area (Å²) in [6.45, 7) is 10.2. The number of ether oxygens (including phenoxy) is 1. The van der Waals surface area contributed by atoms with Gasteiger partial charge in [-0.2, -0.15) is 0 Å². The molecule has 0 saturated carbocycles. The fraction of sp³-hybridized carbons (Fsp3) is 0.650. The summed E-state index contributed by atoms with van der Waals surface area (Å²) in [5.41, 5.74) is -0.0430. The molecule has 3 rings (SSSR count). The van der Waals surface area contributed by atoms with E-state index in [9.17, 15) is 13.2 Å². The Morgan fingerprint density at radius 3 is 2.32 bits per heavy atom. The summed E-state index contributed by atoms with van der Waals surface area (Å²) in [7, 11) is -3.60. The highest BCUT2D eigenvalue weighted by atomic mass is 32.2. The van der Waals surface area contributed by atoms with Gasteiger partial charge in [0.2, 0.25) is 10.0 Å². The highest BCUT2D eigenvalue weighted by Gasteiger charge is 2.26. The molecule has 1 atom stereocenters. The Kier molecular flexibility index (Phi) is 6.44. The van der Waals surface area contributed by atoms with E-state index in [0.717, 1.165) is 39.1 Å². The Hall–Kier alpha value is -1.48. The van der Waals surface area contributed by atoms with Crippen LogP contribution in [0.3, 0.4) is 0 Å². The molecule has 1 N–H and O–H groups in total. The SMILES string of the molecule is CC(C)(C)NS(=O)(=O)c1ccc(C(=O)N2CCN(CC3CCCO3)CC2)cc1. The molecule has 2 fully saturated rings. The van der Waals surface area contributed by atoms with Gasteiger partial charge in [0, 0.05) is 50.4 Å². The van der Waals surface area contributed by atoms with Crippen molar-refractivity contribution in [3.8, 4) is 0 Å². The van der Waals surface area contributed by atoms with Crippen LogP contribution >= 0.6 is 0 Å². The van der Waals surface area contributed by atoms with Crippen molar-refractivity contribution in [2.75, 3.05) is 39.3 Å². The summed E-state index contributed by atoms with van der Waals surface area (Å²) in [5, 5.41) is 0. The molecule has 28 heavy (non-hydrogen) atoms. The smallest absolute Gasteiger partial charge is 0.253 e. The fourth-order valence-electron chi connectivity index (χ4n) is 3.63. The number of carbonyl (C=O) groups excluding carboxylic acids is 1. The molecule has 0 aromatic heterocycles. The number of rotatable bonds is 5. The molecule has 156 valence electrons. The number of nitrogens with one attached hydrogen (secondary N) is 1. The van der Waals surface area contributed by atoms with Crippen molar-refractivity contribution in [3.05, 3.63) is 29.8 Å². The molecule has 2 saturated heterocycles. The second-order valence-electron chi connectivity index (χ2n) is 8.61. The van der Waals surface area contributed by atoms with E-state index in [4.69, 9.17) is 4.74 Å². The van der Waals surface area contributed by atoms with Crippen LogP contribution in [0.2, 0.25) is 0 Å². The van der Waals surface area contributed by atoms with Crippen molar-refractivity contribution >= 4 is 15.9 Å². The molecule has 1 amide bonds. The Balaban J connectivity index is 1.56. The number of sulfonamides is 1. The average molecular weight is 410 g/mol. The van der Waals surface area contributed by atoms with E-state index in [1.54, 1.807) is 32.9 Å². The first-order valence-corrected chi connectivity index (χ1v) is 11.4. The van der Waals surface area contributed by atoms with Crippen LogP contribution in [-0.4, -0.2) is 75.1 Å². The molecule has 1 aromatic rings. The molecule has 1 unspecified atom stereocenters. The van der Waals surface area contributed by atoms with Gasteiger partial charge in [0.15, 0.2) is 0 Å². The standard InChI is InChI=1S/C20H31N3O4S/c1-20(2,3)21-28(25,26)18-8-6-16(7-9-18)19(24)23-12-10-22(11-13-23)15-17-5-4-14-27-17/h6-9,17,21H,4-5,10-15H2,1-3H3. The molecule has 0 radical (unpaired) electrons. The number of carbonyl (C=O) groups is 1. The van der Waals surface area contributed by atoms with E-state index in [-0.39, 0.29) is 10.8 Å². The molecular formula is C20H31N3O4S. The van der Waals surface area contributed by atoms with Gasteiger partial charge in [-0.1, -0.05) is 0 Å². The zero-order valence-corrected chi connectivity index (χ0v) is 17.8. The van der Waals surface area contributed by atoms with Crippen molar-refractivity contribution in [3.63, 3.8) is 0 Å². The monoisotopic (exact) mass is 409 g/mol. The summed E-state index contributed by atoms with van der Waals surface area (Å²) < 4.78 is 33.1. The van der Waals surface area contributed by atoms with Crippen LogP contribution < -0.4 is 4.72 Å². The van der Waals surface area contributed by atoms with Crippen LogP contribution in [0.5, 0.6) is 0 Å². The lowest BCUT2D eigenvalue weighted by Gasteiger charge is -2.35. The molecule has 0 spiro atoms. The van der Waals surface area contributed by atoms with Gasteiger partial charge in [0.05, 0.1) is 11.0 Å². The van der Waals surface area contributed by atoms with Crippen LogP contribution in [0.4, 0.5) is 0 Å². The molecule has 8 heteroatoms. The first-order valence-electron chi connectivity index (χ1n) is 9.91. The number of benzene rings is 1. The summed E-state index contributed by atoms with van der Waals surface area (Å²) >= 11 is 0. The Morgan fingerprint density at radius 2 is 1.79 bits per heavy atom. The lowest BCUT2D eigenvalue weighted by Crippen LogP contribution is -2.50. The van der Waals surface area contributed by atoms with E-state index in [0.29, 0.717) is 24.8 Å². The number of nitrogens with zero attached hydrogens (tertiary/aromatic N) is 2. The van der Waals surface area contributed by atoms with Crippen molar-refractivity contribution in [2.24, 2.45) is 0 Å². The second-order valence-corrected chi connectivity index (χ2v) is 10.3. The minimum absolute atomic E-state index is 0.0514. The summed E-state index contributed by atoms with van der Waals surface area (Å²) in [4.78, 5) is 17.1. The predicted molar refractivity (Wildman–Crippen MR) is 108 cm³/mol. The van der Waals surface area contributed by atoms with Gasteiger partial charge in [-0.15, -0.1) is 0 Å². The Bertz CT molecular complexity index is 773. The summed E-state index contributed by atoms with van der Waals surface area (Å²) in [6, 6.07) is 6.18. The molecule has 1 aromatic carbocycles. The van der Waals surface area contributed by atoms with Crippen LogP contribution in [0, 0.1) is 0 Å². The van der Waals surface area contributed by atoms with Crippen molar-refractivity contribution in [1.29, 1.82) is 0 Å². The average Bonchev–Trinajstić information content (AvgIpc) is 3.13. The van der Waals surface area contributed by atoms with Crippen molar-refractivity contribution in [2.45, 2.75) is 50.2 Å². The minimum atomic E-state index is -3.60. The number of hydrogen-bond donors (Lipinski definition) is 1. The highest BCUT2D eigenvalue weighted by Crippen LogP contribution is 2.17. The molecule has 2 aliphatic rings. The predicted octanol–water partition coefficient (Wildman–Crippen LogP) is 1.70. The first kappa shape index (κ1) is 21.2. The lowest BCUT2D eigenvalue weighted by atomic mass is 10.1. The van der Waals surface area contributed by atoms with E-state index in [2.05, 4.69) is 9.62 Å². The molecule has 2 heterocycles. The third-order valence-corrected chi connectivity index (χ3v) is 6.77. The van der Waals surface area contributed by atoms with Crippen LogP contribution in [-0.2, 0) is 14.8 Å². The zero-order valence-electron chi connectivity index (χ0n) is 17.0. The van der Waals surface area contributed by atoms with Gasteiger partial charge in [-0.3, -0.25) is 9.69 Å². The fourth-order valence-corrected chi connectivity index (χ4v) is 5.05. The van der Waals surface area contributed by atoms with E-state index in [1.165, 1.54) is 12.1 Å². The lowest BCUT2D eigenvalue weighted by molar-refractivity contribution is 0.0432. The molecule has 0 bridgehead atoms. The quantitative estimate of drug-likeness (QED) is 0.801. The van der Waals surface area contributed by atoms with Gasteiger partial charge in [0.25, 0.3) is 5.91 Å². The summed E-state index contributed by atoms with van der Waals surface area (Å²) in [6.07, 6.45) is 2.59. The number of amides is 1. The molecular weight excluding hydrogens is 378 g/mol. The van der Waals surface area contributed by atoms with E-state index in [1.807, 2.05) is 4.90 Å². The van der Waals surface area contributed by atoms with Crippen LogP contribution in [0.15, 0.2) is 29.2 Å². The zero-order chi connectivity index (χ0) is 20.4. The molecule has 0 aliphatic carbocycles. The maximum atomic E-state index is 12.8. The van der Waals surface area contributed by atoms with Gasteiger partial charge in [-0.05, 0) is 57.9 Å².